The largest absolute Gasteiger partial charge is 0.295 e. The van der Waals surface area contributed by atoms with Crippen molar-refractivity contribution in [3.63, 3.8) is 0 Å². The number of hydrogen-bond donors (Lipinski definition) is 1. The predicted octanol–water partition coefficient (Wildman–Crippen LogP) is 1.64. The van der Waals surface area contributed by atoms with E-state index in [9.17, 15) is 14.0 Å². The SMILES string of the molecule is Cc1cccc(F)c1C1C(=O)NC(=O)C1Br. The summed E-state index contributed by atoms with van der Waals surface area (Å²) in [4.78, 5) is 22.2. The lowest BCUT2D eigenvalue weighted by molar-refractivity contribution is -0.125. The summed E-state index contributed by atoms with van der Waals surface area (Å²) in [5.74, 6) is -2.12. The number of carbonyl (C=O) groups is 2. The van der Waals surface area contributed by atoms with Crippen molar-refractivity contribution in [1.82, 2.24) is 5.32 Å². The van der Waals surface area contributed by atoms with Crippen LogP contribution in [0.25, 0.3) is 0 Å². The van der Waals surface area contributed by atoms with E-state index < -0.39 is 28.4 Å². The van der Waals surface area contributed by atoms with Crippen molar-refractivity contribution in [2.75, 3.05) is 0 Å². The number of rotatable bonds is 1. The Kier molecular flexibility index (Phi) is 2.80. The van der Waals surface area contributed by atoms with Crippen molar-refractivity contribution < 1.29 is 14.0 Å². The Morgan fingerprint density at radius 1 is 1.31 bits per heavy atom. The molecule has 0 bridgehead atoms. The highest BCUT2D eigenvalue weighted by atomic mass is 79.9. The molecule has 1 fully saturated rings. The van der Waals surface area contributed by atoms with E-state index in [2.05, 4.69) is 21.2 Å². The van der Waals surface area contributed by atoms with Crippen molar-refractivity contribution in [1.29, 1.82) is 0 Å². The van der Waals surface area contributed by atoms with E-state index in [4.69, 9.17) is 0 Å². The number of benzene rings is 1. The molecule has 1 aromatic carbocycles. The van der Waals surface area contributed by atoms with Gasteiger partial charge in [0.15, 0.2) is 0 Å². The van der Waals surface area contributed by atoms with Crippen molar-refractivity contribution in [2.45, 2.75) is 17.7 Å². The molecule has 0 aromatic heterocycles. The van der Waals surface area contributed by atoms with Crippen LogP contribution < -0.4 is 5.32 Å². The first kappa shape index (κ1) is 11.3. The molecule has 1 N–H and O–H groups in total. The molecule has 1 aromatic rings. The molecule has 1 aliphatic heterocycles. The van der Waals surface area contributed by atoms with Crippen LogP contribution in [-0.4, -0.2) is 16.6 Å². The summed E-state index contributed by atoms with van der Waals surface area (Å²) in [7, 11) is 0. The Balaban J connectivity index is 2.52. The molecule has 1 heterocycles. The molecule has 3 nitrogen and oxygen atoms in total. The minimum absolute atomic E-state index is 0.285. The number of nitrogens with one attached hydrogen (secondary N) is 1. The van der Waals surface area contributed by atoms with Gasteiger partial charge in [-0.3, -0.25) is 14.9 Å². The van der Waals surface area contributed by atoms with E-state index >= 15 is 0 Å². The standard InChI is InChI=1S/C11H9BrFNO2/c1-5-3-2-4-6(13)7(5)8-9(12)11(16)14-10(8)15/h2-4,8-9H,1H3,(H,14,15,16). The second-order valence-corrected chi connectivity index (χ2v) is 4.69. The van der Waals surface area contributed by atoms with Gasteiger partial charge in [0.25, 0.3) is 0 Å². The fourth-order valence-corrected chi connectivity index (χ4v) is 2.49. The summed E-state index contributed by atoms with van der Waals surface area (Å²) < 4.78 is 13.7. The topological polar surface area (TPSA) is 46.2 Å². The third kappa shape index (κ3) is 1.65. The maximum atomic E-state index is 13.7. The lowest BCUT2D eigenvalue weighted by atomic mass is 9.93. The van der Waals surface area contributed by atoms with Gasteiger partial charge in [0.1, 0.15) is 10.6 Å². The molecule has 84 valence electrons. The average molecular weight is 286 g/mol. The first-order valence-electron chi connectivity index (χ1n) is 4.76. The Morgan fingerprint density at radius 3 is 2.50 bits per heavy atom. The Bertz CT molecular complexity index is 455. The van der Waals surface area contributed by atoms with Crippen molar-refractivity contribution in [3.8, 4) is 0 Å². The fourth-order valence-electron chi connectivity index (χ4n) is 1.87. The van der Waals surface area contributed by atoms with E-state index in [1.807, 2.05) is 0 Å². The van der Waals surface area contributed by atoms with Gasteiger partial charge in [-0.2, -0.15) is 0 Å². The number of alkyl halides is 1. The van der Waals surface area contributed by atoms with Gasteiger partial charge >= 0.3 is 0 Å². The van der Waals surface area contributed by atoms with Gasteiger partial charge in [0.05, 0.1) is 5.92 Å². The molecule has 2 rings (SSSR count). The average Bonchev–Trinajstić information content (AvgIpc) is 2.44. The van der Waals surface area contributed by atoms with Gasteiger partial charge in [-0.1, -0.05) is 28.1 Å². The van der Waals surface area contributed by atoms with Crippen LogP contribution in [0.15, 0.2) is 18.2 Å². The molecule has 2 atom stereocenters. The number of carbonyl (C=O) groups excluding carboxylic acids is 2. The second kappa shape index (κ2) is 3.97. The quantitative estimate of drug-likeness (QED) is 0.630. The highest BCUT2D eigenvalue weighted by molar-refractivity contribution is 9.10. The maximum Gasteiger partial charge on any atom is 0.241 e. The van der Waals surface area contributed by atoms with Crippen molar-refractivity contribution in [2.24, 2.45) is 0 Å². The normalized spacial score (nSPS) is 24.7. The van der Waals surface area contributed by atoms with Crippen molar-refractivity contribution in [3.05, 3.63) is 35.1 Å². The molecule has 1 saturated heterocycles. The molecular formula is C11H9BrFNO2. The summed E-state index contributed by atoms with van der Waals surface area (Å²) in [5, 5.41) is 2.18. The Hall–Kier alpha value is -1.23. The number of halogens is 2. The molecule has 2 unspecified atom stereocenters. The molecule has 2 amide bonds. The van der Waals surface area contributed by atoms with E-state index in [0.717, 1.165) is 0 Å². The monoisotopic (exact) mass is 285 g/mol. The summed E-state index contributed by atoms with van der Waals surface area (Å²) in [5.41, 5.74) is 0.951. The van der Waals surface area contributed by atoms with Gasteiger partial charge in [-0.15, -0.1) is 0 Å². The van der Waals surface area contributed by atoms with Crippen LogP contribution >= 0.6 is 15.9 Å². The van der Waals surface area contributed by atoms with E-state index in [0.29, 0.717) is 5.56 Å². The highest BCUT2D eigenvalue weighted by Gasteiger charge is 2.42. The van der Waals surface area contributed by atoms with Gasteiger partial charge < -0.3 is 0 Å². The van der Waals surface area contributed by atoms with Gasteiger partial charge in [0.2, 0.25) is 11.8 Å². The molecule has 1 aliphatic rings. The molecule has 0 radical (unpaired) electrons. The summed E-state index contributed by atoms with van der Waals surface area (Å²) in [6.45, 7) is 1.72. The molecule has 0 spiro atoms. The summed E-state index contributed by atoms with van der Waals surface area (Å²) in [6.07, 6.45) is 0. The summed E-state index contributed by atoms with van der Waals surface area (Å²) >= 11 is 3.12. The number of hydrogen-bond acceptors (Lipinski definition) is 2. The van der Waals surface area contributed by atoms with Crippen LogP contribution in [-0.2, 0) is 9.59 Å². The fraction of sp³-hybridized carbons (Fsp3) is 0.273. The van der Waals surface area contributed by atoms with Gasteiger partial charge in [-0.25, -0.2) is 4.39 Å². The first-order valence-corrected chi connectivity index (χ1v) is 5.67. The Morgan fingerprint density at radius 2 is 2.00 bits per heavy atom. The summed E-state index contributed by atoms with van der Waals surface area (Å²) in [6, 6.07) is 4.58. The zero-order chi connectivity index (χ0) is 11.9. The third-order valence-corrected chi connectivity index (χ3v) is 3.60. The van der Waals surface area contributed by atoms with E-state index in [1.54, 1.807) is 19.1 Å². The second-order valence-electron chi connectivity index (χ2n) is 3.70. The maximum absolute atomic E-state index is 13.7. The smallest absolute Gasteiger partial charge is 0.241 e. The van der Waals surface area contributed by atoms with E-state index in [-0.39, 0.29) is 5.56 Å². The lowest BCUT2D eigenvalue weighted by Gasteiger charge is -2.14. The Labute approximate surface area is 100 Å². The van der Waals surface area contributed by atoms with Crippen molar-refractivity contribution >= 4 is 27.7 Å². The van der Waals surface area contributed by atoms with Crippen LogP contribution in [0.3, 0.4) is 0 Å². The molecular weight excluding hydrogens is 277 g/mol. The molecule has 0 aliphatic carbocycles. The zero-order valence-corrected chi connectivity index (χ0v) is 10.0. The van der Waals surface area contributed by atoms with E-state index in [1.165, 1.54) is 6.07 Å². The van der Waals surface area contributed by atoms with Crippen LogP contribution in [0.2, 0.25) is 0 Å². The minimum atomic E-state index is -0.784. The van der Waals surface area contributed by atoms with Gasteiger partial charge in [0, 0.05) is 5.56 Å². The van der Waals surface area contributed by atoms with Crippen LogP contribution in [0, 0.1) is 12.7 Å². The first-order chi connectivity index (χ1) is 7.52. The number of aryl methyl sites for hydroxylation is 1. The molecule has 16 heavy (non-hydrogen) atoms. The highest BCUT2D eigenvalue weighted by Crippen LogP contribution is 2.33. The number of imide groups is 1. The predicted molar refractivity (Wildman–Crippen MR) is 59.7 cm³/mol. The van der Waals surface area contributed by atoms with Crippen LogP contribution in [0.4, 0.5) is 4.39 Å². The minimum Gasteiger partial charge on any atom is -0.295 e. The molecule has 0 saturated carbocycles. The van der Waals surface area contributed by atoms with Crippen LogP contribution in [0.1, 0.15) is 17.0 Å². The molecule has 5 heteroatoms. The number of amides is 2. The van der Waals surface area contributed by atoms with Crippen LogP contribution in [0.5, 0.6) is 0 Å². The third-order valence-electron chi connectivity index (χ3n) is 2.65. The zero-order valence-electron chi connectivity index (χ0n) is 8.46. The lowest BCUT2D eigenvalue weighted by Crippen LogP contribution is -2.22. The van der Waals surface area contributed by atoms with Gasteiger partial charge in [-0.05, 0) is 18.6 Å².